The standard InChI is InChI=1S/C29H31ClN2O3S/c1-19-3-7-22(8-4-19)29(34)31(16-21-5-6-21)17-28(33)32-13-11-27-24(12-14-36-27)26(32)18-35-23-9-10-25(30)20(2)15-23/h3-4,7-10,12,14-15,21,26H,5-6,11,13,16-18H2,1-2H3. The average Bonchev–Trinajstić information content (AvgIpc) is 3.56. The maximum Gasteiger partial charge on any atom is 0.254 e. The first-order valence-corrected chi connectivity index (χ1v) is 13.8. The highest BCUT2D eigenvalue weighted by Gasteiger charge is 2.35. The molecule has 2 amide bonds. The van der Waals surface area contributed by atoms with Crippen molar-refractivity contribution >= 4 is 34.8 Å². The van der Waals surface area contributed by atoms with Crippen molar-refractivity contribution in [1.82, 2.24) is 9.80 Å². The summed E-state index contributed by atoms with van der Waals surface area (Å²) in [5.41, 5.74) is 3.83. The van der Waals surface area contributed by atoms with Crippen molar-refractivity contribution in [3.8, 4) is 5.75 Å². The minimum atomic E-state index is -0.194. The van der Waals surface area contributed by atoms with E-state index >= 15 is 0 Å². The molecule has 2 heterocycles. The van der Waals surface area contributed by atoms with Crippen LogP contribution in [0.3, 0.4) is 0 Å². The number of fused-ring (bicyclic) bond motifs is 1. The van der Waals surface area contributed by atoms with Crippen LogP contribution in [0.4, 0.5) is 0 Å². The summed E-state index contributed by atoms with van der Waals surface area (Å²) >= 11 is 7.90. The molecule has 5 nitrogen and oxygen atoms in total. The van der Waals surface area contributed by atoms with Gasteiger partial charge in [0, 0.05) is 28.6 Å². The van der Waals surface area contributed by atoms with E-state index in [9.17, 15) is 9.59 Å². The highest BCUT2D eigenvalue weighted by molar-refractivity contribution is 7.10. The van der Waals surface area contributed by atoms with Gasteiger partial charge in [-0.2, -0.15) is 0 Å². The van der Waals surface area contributed by atoms with E-state index in [-0.39, 0.29) is 24.4 Å². The molecule has 1 fully saturated rings. The van der Waals surface area contributed by atoms with Crippen LogP contribution < -0.4 is 4.74 Å². The molecule has 1 aliphatic heterocycles. The number of hydrogen-bond acceptors (Lipinski definition) is 4. The quantitative estimate of drug-likeness (QED) is 0.360. The molecule has 1 unspecified atom stereocenters. The summed E-state index contributed by atoms with van der Waals surface area (Å²) in [6, 6.07) is 15.1. The van der Waals surface area contributed by atoms with Gasteiger partial charge in [-0.3, -0.25) is 9.59 Å². The molecule has 1 saturated carbocycles. The number of amides is 2. The van der Waals surface area contributed by atoms with Gasteiger partial charge in [0.1, 0.15) is 18.9 Å². The van der Waals surface area contributed by atoms with Gasteiger partial charge in [-0.15, -0.1) is 11.3 Å². The molecule has 0 spiro atoms. The van der Waals surface area contributed by atoms with E-state index in [1.54, 1.807) is 16.2 Å². The number of benzene rings is 2. The Balaban J connectivity index is 1.34. The molecule has 0 N–H and O–H groups in total. The number of ether oxygens (including phenoxy) is 1. The van der Waals surface area contributed by atoms with Gasteiger partial charge in [-0.25, -0.2) is 0 Å². The Bertz CT molecular complexity index is 1250. The third kappa shape index (κ3) is 5.60. The topological polar surface area (TPSA) is 49.9 Å². The number of carbonyl (C=O) groups excluding carboxylic acids is 2. The van der Waals surface area contributed by atoms with Crippen LogP contribution in [0.5, 0.6) is 5.75 Å². The second kappa shape index (κ2) is 10.7. The predicted molar refractivity (Wildman–Crippen MR) is 144 cm³/mol. The summed E-state index contributed by atoms with van der Waals surface area (Å²) in [4.78, 5) is 32.0. The Hall–Kier alpha value is -2.83. The summed E-state index contributed by atoms with van der Waals surface area (Å²) in [5.74, 6) is 1.11. The number of thiophene rings is 1. The van der Waals surface area contributed by atoms with Crippen molar-refractivity contribution in [3.05, 3.63) is 86.1 Å². The normalized spacial score (nSPS) is 17.0. The molecular formula is C29H31ClN2O3S. The second-order valence-corrected chi connectivity index (χ2v) is 11.3. The van der Waals surface area contributed by atoms with Gasteiger partial charge in [0.15, 0.2) is 0 Å². The molecule has 188 valence electrons. The van der Waals surface area contributed by atoms with Gasteiger partial charge in [-0.1, -0.05) is 29.3 Å². The molecule has 0 bridgehead atoms. The van der Waals surface area contributed by atoms with E-state index in [4.69, 9.17) is 16.3 Å². The number of nitrogens with zero attached hydrogens (tertiary/aromatic N) is 2. The molecular weight excluding hydrogens is 492 g/mol. The minimum Gasteiger partial charge on any atom is -0.491 e. The first-order chi connectivity index (χ1) is 17.4. The fraction of sp³-hybridized carbons (Fsp3) is 0.379. The molecule has 5 rings (SSSR count). The molecule has 7 heteroatoms. The molecule has 3 aromatic rings. The Kier molecular flexibility index (Phi) is 7.35. The lowest BCUT2D eigenvalue weighted by Crippen LogP contribution is -2.48. The van der Waals surface area contributed by atoms with E-state index in [0.29, 0.717) is 36.2 Å². The second-order valence-electron chi connectivity index (χ2n) is 9.87. The molecule has 0 radical (unpaired) electrons. The average molecular weight is 523 g/mol. The number of aryl methyl sites for hydroxylation is 2. The monoisotopic (exact) mass is 522 g/mol. The zero-order valence-corrected chi connectivity index (χ0v) is 22.3. The van der Waals surface area contributed by atoms with Crippen molar-refractivity contribution in [1.29, 1.82) is 0 Å². The fourth-order valence-electron chi connectivity index (χ4n) is 4.72. The highest BCUT2D eigenvalue weighted by atomic mass is 35.5. The summed E-state index contributed by atoms with van der Waals surface area (Å²) in [6.07, 6.45) is 3.06. The van der Waals surface area contributed by atoms with Gasteiger partial charge >= 0.3 is 0 Å². The summed E-state index contributed by atoms with van der Waals surface area (Å²) in [6.45, 7) is 5.63. The van der Waals surface area contributed by atoms with Gasteiger partial charge in [0.2, 0.25) is 5.91 Å². The Labute approximate surface area is 221 Å². The number of halogens is 1. The summed E-state index contributed by atoms with van der Waals surface area (Å²) in [7, 11) is 0. The van der Waals surface area contributed by atoms with E-state index < -0.39 is 0 Å². The van der Waals surface area contributed by atoms with Crippen LogP contribution in [0, 0.1) is 19.8 Å². The van der Waals surface area contributed by atoms with Crippen molar-refractivity contribution in [2.45, 2.75) is 39.2 Å². The lowest BCUT2D eigenvalue weighted by molar-refractivity contribution is -0.135. The fourth-order valence-corrected chi connectivity index (χ4v) is 5.77. The molecule has 1 atom stereocenters. The lowest BCUT2D eigenvalue weighted by atomic mass is 10.00. The number of carbonyl (C=O) groups is 2. The van der Waals surface area contributed by atoms with Crippen LogP contribution in [0.2, 0.25) is 5.02 Å². The first-order valence-electron chi connectivity index (χ1n) is 12.5. The molecule has 0 saturated heterocycles. The Morgan fingerprint density at radius 3 is 2.61 bits per heavy atom. The van der Waals surface area contributed by atoms with E-state index in [2.05, 4.69) is 11.4 Å². The van der Waals surface area contributed by atoms with E-state index in [1.807, 2.05) is 61.2 Å². The maximum absolute atomic E-state index is 13.7. The van der Waals surface area contributed by atoms with Crippen molar-refractivity contribution in [2.24, 2.45) is 5.92 Å². The number of rotatable bonds is 8. The van der Waals surface area contributed by atoms with Crippen LogP contribution in [0.1, 0.15) is 50.8 Å². The molecule has 1 aromatic heterocycles. The summed E-state index contributed by atoms with van der Waals surface area (Å²) in [5, 5.41) is 2.78. The van der Waals surface area contributed by atoms with Gasteiger partial charge in [0.05, 0.1) is 6.04 Å². The third-order valence-corrected chi connectivity index (χ3v) is 8.46. The van der Waals surface area contributed by atoms with Gasteiger partial charge in [-0.05, 0) is 91.9 Å². The largest absolute Gasteiger partial charge is 0.491 e. The van der Waals surface area contributed by atoms with Crippen LogP contribution >= 0.6 is 22.9 Å². The van der Waals surface area contributed by atoms with Crippen molar-refractivity contribution in [3.63, 3.8) is 0 Å². The maximum atomic E-state index is 13.7. The van der Waals surface area contributed by atoms with Crippen molar-refractivity contribution in [2.75, 3.05) is 26.2 Å². The SMILES string of the molecule is Cc1ccc(C(=O)N(CC(=O)N2CCc3sccc3C2COc2ccc(Cl)c(C)c2)CC2CC2)cc1. The van der Waals surface area contributed by atoms with Gasteiger partial charge in [0.25, 0.3) is 5.91 Å². The van der Waals surface area contributed by atoms with Crippen LogP contribution in [0.15, 0.2) is 53.9 Å². The van der Waals surface area contributed by atoms with Crippen molar-refractivity contribution < 1.29 is 14.3 Å². The minimum absolute atomic E-state index is 0.0335. The van der Waals surface area contributed by atoms with Crippen LogP contribution in [0.25, 0.3) is 0 Å². The van der Waals surface area contributed by atoms with Crippen LogP contribution in [-0.4, -0.2) is 47.9 Å². The first kappa shape index (κ1) is 24.8. The lowest BCUT2D eigenvalue weighted by Gasteiger charge is -2.37. The third-order valence-electron chi connectivity index (χ3n) is 7.04. The zero-order chi connectivity index (χ0) is 25.2. The summed E-state index contributed by atoms with van der Waals surface area (Å²) < 4.78 is 6.17. The Morgan fingerprint density at radius 2 is 1.89 bits per heavy atom. The van der Waals surface area contributed by atoms with Gasteiger partial charge < -0.3 is 14.5 Å². The zero-order valence-electron chi connectivity index (χ0n) is 20.7. The predicted octanol–water partition coefficient (Wildman–Crippen LogP) is 6.08. The van der Waals surface area contributed by atoms with E-state index in [1.165, 1.54) is 4.88 Å². The molecule has 2 aliphatic rings. The van der Waals surface area contributed by atoms with E-state index in [0.717, 1.165) is 41.7 Å². The molecule has 36 heavy (non-hydrogen) atoms. The van der Waals surface area contributed by atoms with Crippen LogP contribution in [-0.2, 0) is 11.2 Å². The number of hydrogen-bond donors (Lipinski definition) is 0. The Morgan fingerprint density at radius 1 is 1.11 bits per heavy atom. The highest BCUT2D eigenvalue weighted by Crippen LogP contribution is 2.35. The smallest absolute Gasteiger partial charge is 0.254 e. The molecule has 1 aliphatic carbocycles. The molecule has 2 aromatic carbocycles.